The summed E-state index contributed by atoms with van der Waals surface area (Å²) in [5.41, 5.74) is 2.25. The van der Waals surface area contributed by atoms with Gasteiger partial charge in [0, 0.05) is 5.56 Å². The second-order valence-electron chi connectivity index (χ2n) is 5.93. The number of para-hydroxylation sites is 1. The van der Waals surface area contributed by atoms with Crippen molar-refractivity contribution in [1.29, 1.82) is 0 Å². The molecule has 5 rings (SSSR count). The number of benzene rings is 2. The van der Waals surface area contributed by atoms with Crippen LogP contribution in [0.3, 0.4) is 0 Å². The van der Waals surface area contributed by atoms with Gasteiger partial charge in [0.2, 0.25) is 16.7 Å². The zero-order valence-corrected chi connectivity index (χ0v) is 15.7. The van der Waals surface area contributed by atoms with Crippen LogP contribution in [0.25, 0.3) is 26.6 Å². The molecule has 0 atom stereocenters. The number of nitrogens with zero attached hydrogens (tertiary/aromatic N) is 5. The molecule has 0 aliphatic heterocycles. The van der Waals surface area contributed by atoms with Crippen LogP contribution >= 0.6 is 23.1 Å². The summed E-state index contributed by atoms with van der Waals surface area (Å²) >= 11 is 3.07. The van der Waals surface area contributed by atoms with E-state index in [1.807, 2.05) is 22.6 Å². The lowest BCUT2D eigenvalue weighted by Crippen LogP contribution is -1.88. The van der Waals surface area contributed by atoms with Gasteiger partial charge in [-0.15, -0.1) is 10.2 Å². The Morgan fingerprint density at radius 3 is 2.96 bits per heavy atom. The van der Waals surface area contributed by atoms with E-state index in [4.69, 9.17) is 4.52 Å². The van der Waals surface area contributed by atoms with Crippen molar-refractivity contribution in [3.8, 4) is 11.4 Å². The summed E-state index contributed by atoms with van der Waals surface area (Å²) in [6.45, 7) is 1.71. The van der Waals surface area contributed by atoms with Gasteiger partial charge in [-0.05, 0) is 30.7 Å². The molecule has 3 heterocycles. The Bertz CT molecular complexity index is 1280. The number of aryl methyl sites for hydroxylation is 1. The third-order valence-corrected chi connectivity index (χ3v) is 6.06. The van der Waals surface area contributed by atoms with Gasteiger partial charge in [0.05, 0.1) is 16.0 Å². The Balaban J connectivity index is 1.40. The van der Waals surface area contributed by atoms with Crippen molar-refractivity contribution >= 4 is 38.3 Å². The van der Waals surface area contributed by atoms with E-state index < -0.39 is 0 Å². The summed E-state index contributed by atoms with van der Waals surface area (Å²) in [7, 11) is 0. The van der Waals surface area contributed by atoms with Crippen LogP contribution in [0, 0.1) is 12.7 Å². The van der Waals surface area contributed by atoms with E-state index in [0.717, 1.165) is 20.3 Å². The highest BCUT2D eigenvalue weighted by molar-refractivity contribution is 7.98. The number of thioether (sulfide) groups is 1. The first-order valence-electron chi connectivity index (χ1n) is 8.13. The standard InChI is InChI=1S/C18H12FN5OS2/c1-10-6-7-11(8-12(10)19)16-20-15(25-23-16)9-26-17-21-22-18-24(17)13-4-2-3-5-14(13)27-18/h2-8H,9H2,1H3. The van der Waals surface area contributed by atoms with E-state index in [2.05, 4.69) is 26.4 Å². The minimum atomic E-state index is -0.289. The topological polar surface area (TPSA) is 69.1 Å². The Morgan fingerprint density at radius 1 is 1.19 bits per heavy atom. The molecule has 0 spiro atoms. The van der Waals surface area contributed by atoms with Crippen LogP contribution in [-0.4, -0.2) is 24.7 Å². The number of halogens is 1. The second-order valence-corrected chi connectivity index (χ2v) is 7.89. The fraction of sp³-hybridized carbons (Fsp3) is 0.111. The van der Waals surface area contributed by atoms with E-state index in [9.17, 15) is 4.39 Å². The highest BCUT2D eigenvalue weighted by Gasteiger charge is 2.15. The lowest BCUT2D eigenvalue weighted by atomic mass is 10.1. The third-order valence-electron chi connectivity index (χ3n) is 4.13. The zero-order chi connectivity index (χ0) is 18.4. The first kappa shape index (κ1) is 16.4. The third kappa shape index (κ3) is 2.88. The van der Waals surface area contributed by atoms with Crippen molar-refractivity contribution < 1.29 is 8.91 Å². The van der Waals surface area contributed by atoms with Gasteiger partial charge in [-0.1, -0.05) is 52.5 Å². The predicted octanol–water partition coefficient (Wildman–Crippen LogP) is 4.73. The normalized spacial score (nSPS) is 11.6. The van der Waals surface area contributed by atoms with Crippen LogP contribution in [0.4, 0.5) is 4.39 Å². The molecule has 0 fully saturated rings. The van der Waals surface area contributed by atoms with Crippen molar-refractivity contribution in [2.24, 2.45) is 0 Å². The van der Waals surface area contributed by atoms with Crippen LogP contribution in [-0.2, 0) is 5.75 Å². The number of rotatable bonds is 4. The highest BCUT2D eigenvalue weighted by Crippen LogP contribution is 2.30. The van der Waals surface area contributed by atoms with Crippen molar-refractivity contribution in [2.75, 3.05) is 0 Å². The Morgan fingerprint density at radius 2 is 2.07 bits per heavy atom. The van der Waals surface area contributed by atoms with E-state index in [0.29, 0.717) is 28.6 Å². The molecule has 0 aliphatic carbocycles. The molecule has 0 N–H and O–H groups in total. The Hall–Kier alpha value is -2.78. The summed E-state index contributed by atoms with van der Waals surface area (Å²) in [5, 5.41) is 13.2. The van der Waals surface area contributed by atoms with Gasteiger partial charge in [0.1, 0.15) is 5.82 Å². The average molecular weight is 397 g/mol. The quantitative estimate of drug-likeness (QED) is 0.408. The molecule has 3 aromatic heterocycles. The SMILES string of the molecule is Cc1ccc(-c2noc(CSc3nnc4sc5ccccc5n34)n2)cc1F. The molecule has 0 unspecified atom stereocenters. The molecule has 134 valence electrons. The summed E-state index contributed by atoms with van der Waals surface area (Å²) in [4.78, 5) is 5.21. The van der Waals surface area contributed by atoms with Crippen LogP contribution in [0.2, 0.25) is 0 Å². The summed E-state index contributed by atoms with van der Waals surface area (Å²) in [6.07, 6.45) is 0. The number of hydrogen-bond acceptors (Lipinski definition) is 7. The molecule has 0 aliphatic rings. The minimum Gasteiger partial charge on any atom is -0.338 e. The molecule has 0 bridgehead atoms. The van der Waals surface area contributed by atoms with Gasteiger partial charge in [0.25, 0.3) is 0 Å². The maximum Gasteiger partial charge on any atom is 0.237 e. The molecular formula is C18H12FN5OS2. The number of hydrogen-bond donors (Lipinski definition) is 0. The highest BCUT2D eigenvalue weighted by atomic mass is 32.2. The zero-order valence-electron chi connectivity index (χ0n) is 14.1. The first-order valence-corrected chi connectivity index (χ1v) is 9.94. The van der Waals surface area contributed by atoms with Crippen LogP contribution < -0.4 is 0 Å². The summed E-state index contributed by atoms with van der Waals surface area (Å²) in [6, 6.07) is 13.0. The van der Waals surface area contributed by atoms with Gasteiger partial charge < -0.3 is 4.52 Å². The second kappa shape index (κ2) is 6.43. The smallest absolute Gasteiger partial charge is 0.237 e. The maximum atomic E-state index is 13.7. The average Bonchev–Trinajstić information content (AvgIpc) is 3.37. The Labute approximate surface area is 161 Å². The van der Waals surface area contributed by atoms with Crippen LogP contribution in [0.15, 0.2) is 52.1 Å². The molecule has 0 saturated heterocycles. The molecule has 2 aromatic carbocycles. The predicted molar refractivity (Wildman–Crippen MR) is 102 cm³/mol. The van der Waals surface area contributed by atoms with E-state index in [-0.39, 0.29) is 5.82 Å². The fourth-order valence-electron chi connectivity index (χ4n) is 2.74. The Kier molecular flexibility index (Phi) is 3.91. The molecule has 27 heavy (non-hydrogen) atoms. The largest absolute Gasteiger partial charge is 0.338 e. The molecule has 0 saturated carbocycles. The van der Waals surface area contributed by atoms with E-state index >= 15 is 0 Å². The van der Waals surface area contributed by atoms with E-state index in [1.54, 1.807) is 30.4 Å². The van der Waals surface area contributed by atoms with Crippen molar-refractivity contribution in [2.45, 2.75) is 17.8 Å². The first-order chi connectivity index (χ1) is 13.2. The minimum absolute atomic E-state index is 0.289. The number of thiazole rings is 1. The lowest BCUT2D eigenvalue weighted by molar-refractivity contribution is 0.391. The van der Waals surface area contributed by atoms with Crippen molar-refractivity contribution in [3.63, 3.8) is 0 Å². The molecule has 6 nitrogen and oxygen atoms in total. The summed E-state index contributed by atoms with van der Waals surface area (Å²) in [5.74, 6) is 0.985. The monoisotopic (exact) mass is 397 g/mol. The van der Waals surface area contributed by atoms with Crippen molar-refractivity contribution in [1.82, 2.24) is 24.7 Å². The van der Waals surface area contributed by atoms with Gasteiger partial charge >= 0.3 is 0 Å². The van der Waals surface area contributed by atoms with E-state index in [1.165, 1.54) is 17.8 Å². The number of fused-ring (bicyclic) bond motifs is 3. The van der Waals surface area contributed by atoms with Crippen LogP contribution in [0.5, 0.6) is 0 Å². The van der Waals surface area contributed by atoms with Gasteiger partial charge in [0.15, 0.2) is 5.16 Å². The molecule has 5 aromatic rings. The molecule has 9 heteroatoms. The molecule has 0 amide bonds. The molecular weight excluding hydrogens is 385 g/mol. The lowest BCUT2D eigenvalue weighted by Gasteiger charge is -1.98. The summed E-state index contributed by atoms with van der Waals surface area (Å²) < 4.78 is 22.2. The fourth-order valence-corrected chi connectivity index (χ4v) is 4.54. The van der Waals surface area contributed by atoms with Gasteiger partial charge in [-0.25, -0.2) is 4.39 Å². The van der Waals surface area contributed by atoms with Crippen LogP contribution in [0.1, 0.15) is 11.5 Å². The van der Waals surface area contributed by atoms with Gasteiger partial charge in [-0.2, -0.15) is 4.98 Å². The molecule has 0 radical (unpaired) electrons. The van der Waals surface area contributed by atoms with Crippen molar-refractivity contribution in [3.05, 3.63) is 59.7 Å². The number of aromatic nitrogens is 5. The maximum absolute atomic E-state index is 13.7. The van der Waals surface area contributed by atoms with Gasteiger partial charge in [-0.3, -0.25) is 4.40 Å².